The van der Waals surface area contributed by atoms with Gasteiger partial charge in [-0.3, -0.25) is 10.1 Å². The first kappa shape index (κ1) is 16.2. The fourth-order valence-corrected chi connectivity index (χ4v) is 3.53. The summed E-state index contributed by atoms with van der Waals surface area (Å²) in [4.78, 5) is 9.94. The molecule has 0 N–H and O–H groups in total. The van der Waals surface area contributed by atoms with Crippen molar-refractivity contribution >= 4 is 17.3 Å². The van der Waals surface area contributed by atoms with E-state index in [4.69, 9.17) is 11.6 Å². The van der Waals surface area contributed by atoms with Crippen LogP contribution in [0.15, 0.2) is 18.2 Å². The zero-order valence-corrected chi connectivity index (χ0v) is 13.1. The third-order valence-electron chi connectivity index (χ3n) is 4.58. The maximum atomic E-state index is 13.7. The van der Waals surface area contributed by atoms with Crippen LogP contribution in [-0.4, -0.2) is 10.3 Å². The van der Waals surface area contributed by atoms with Crippen LogP contribution < -0.4 is 0 Å². The first-order valence-electron chi connectivity index (χ1n) is 7.45. The van der Waals surface area contributed by atoms with Crippen molar-refractivity contribution in [2.75, 3.05) is 0 Å². The van der Waals surface area contributed by atoms with Gasteiger partial charge in [-0.05, 0) is 55.1 Å². The van der Waals surface area contributed by atoms with Crippen LogP contribution in [0.5, 0.6) is 0 Å². The second kappa shape index (κ2) is 6.73. The minimum atomic E-state index is -0.764. The molecule has 0 aliphatic heterocycles. The molecule has 2 rings (SSSR count). The van der Waals surface area contributed by atoms with Crippen LogP contribution in [0.2, 0.25) is 0 Å². The van der Waals surface area contributed by atoms with Crippen LogP contribution in [0, 0.1) is 33.7 Å². The molecular weight excluding hydrogens is 293 g/mol. The normalized spacial score (nSPS) is 26.0. The number of halogens is 2. The molecule has 1 saturated carbocycles. The summed E-state index contributed by atoms with van der Waals surface area (Å²) in [6.45, 7) is 4.45. The predicted molar refractivity (Wildman–Crippen MR) is 82.1 cm³/mol. The molecule has 116 valence electrons. The molecule has 5 heteroatoms. The zero-order chi connectivity index (χ0) is 15.6. The first-order chi connectivity index (χ1) is 9.88. The number of nitro benzene ring substituents is 1. The van der Waals surface area contributed by atoms with Gasteiger partial charge in [-0.25, -0.2) is 0 Å². The van der Waals surface area contributed by atoms with Crippen molar-refractivity contribution in [2.45, 2.75) is 44.9 Å². The Labute approximate surface area is 129 Å². The van der Waals surface area contributed by atoms with Crippen LogP contribution in [0.25, 0.3) is 0 Å². The average molecular weight is 314 g/mol. The number of hydrogen-bond donors (Lipinski definition) is 0. The Hall–Kier alpha value is -1.16. The van der Waals surface area contributed by atoms with Crippen molar-refractivity contribution < 1.29 is 9.31 Å². The molecule has 1 aromatic carbocycles. The van der Waals surface area contributed by atoms with Crippen molar-refractivity contribution in [2.24, 2.45) is 17.8 Å². The number of alkyl halides is 1. The lowest BCUT2D eigenvalue weighted by atomic mass is 9.74. The lowest BCUT2D eigenvalue weighted by Gasteiger charge is -2.35. The van der Waals surface area contributed by atoms with Gasteiger partial charge in [-0.1, -0.05) is 19.9 Å². The molecule has 3 nitrogen and oxygen atoms in total. The maximum absolute atomic E-state index is 13.7. The summed E-state index contributed by atoms with van der Waals surface area (Å²) in [5, 5.41) is 10.7. The van der Waals surface area contributed by atoms with Gasteiger partial charge in [0.1, 0.15) is 0 Å². The lowest BCUT2D eigenvalue weighted by Crippen LogP contribution is -2.29. The highest BCUT2D eigenvalue weighted by molar-refractivity contribution is 6.20. The summed E-state index contributed by atoms with van der Waals surface area (Å²) in [5.74, 6) is 0.840. The molecule has 0 aromatic heterocycles. The van der Waals surface area contributed by atoms with Crippen LogP contribution in [0.3, 0.4) is 0 Å². The summed E-state index contributed by atoms with van der Waals surface area (Å²) >= 11 is 6.42. The van der Waals surface area contributed by atoms with E-state index >= 15 is 0 Å². The van der Waals surface area contributed by atoms with E-state index in [9.17, 15) is 14.5 Å². The van der Waals surface area contributed by atoms with E-state index in [1.54, 1.807) is 6.07 Å². The Balaban J connectivity index is 2.09. The molecule has 1 aromatic rings. The smallest absolute Gasteiger partial charge is 0.258 e. The van der Waals surface area contributed by atoms with E-state index in [-0.39, 0.29) is 5.38 Å². The summed E-state index contributed by atoms with van der Waals surface area (Å²) < 4.78 is 13.7. The molecule has 0 saturated heterocycles. The van der Waals surface area contributed by atoms with Gasteiger partial charge in [0.25, 0.3) is 0 Å². The monoisotopic (exact) mass is 313 g/mol. The highest BCUT2D eigenvalue weighted by atomic mass is 35.5. The van der Waals surface area contributed by atoms with Gasteiger partial charge < -0.3 is 0 Å². The number of rotatable bonds is 4. The van der Waals surface area contributed by atoms with Crippen LogP contribution in [0.4, 0.5) is 10.1 Å². The van der Waals surface area contributed by atoms with E-state index in [1.807, 2.05) is 0 Å². The van der Waals surface area contributed by atoms with E-state index in [1.165, 1.54) is 12.1 Å². The second-order valence-electron chi connectivity index (χ2n) is 6.34. The molecular formula is C16H21ClFNO2. The largest absolute Gasteiger partial charge is 0.304 e. The van der Waals surface area contributed by atoms with Crippen molar-refractivity contribution in [1.82, 2.24) is 0 Å². The van der Waals surface area contributed by atoms with Gasteiger partial charge in [-0.15, -0.1) is 11.6 Å². The molecule has 1 aliphatic rings. The maximum Gasteiger partial charge on any atom is 0.304 e. The predicted octanol–water partition coefficient (Wildman–Crippen LogP) is 4.96. The number of nitrogens with zero attached hydrogens (tertiary/aromatic N) is 1. The highest BCUT2D eigenvalue weighted by Crippen LogP contribution is 2.38. The van der Waals surface area contributed by atoms with Gasteiger partial charge in [0.2, 0.25) is 5.82 Å². The van der Waals surface area contributed by atoms with Gasteiger partial charge >= 0.3 is 5.69 Å². The van der Waals surface area contributed by atoms with Gasteiger partial charge in [0.15, 0.2) is 0 Å². The molecule has 0 heterocycles. The molecule has 1 aliphatic carbocycles. The molecule has 0 amide bonds. The molecule has 1 fully saturated rings. The van der Waals surface area contributed by atoms with Crippen molar-refractivity contribution in [3.63, 3.8) is 0 Å². The second-order valence-corrected chi connectivity index (χ2v) is 6.90. The van der Waals surface area contributed by atoms with Crippen LogP contribution in [0.1, 0.15) is 38.7 Å². The highest BCUT2D eigenvalue weighted by Gasteiger charge is 2.31. The molecule has 21 heavy (non-hydrogen) atoms. The number of hydrogen-bond acceptors (Lipinski definition) is 2. The molecule has 3 atom stereocenters. The topological polar surface area (TPSA) is 43.1 Å². The summed E-state index contributed by atoms with van der Waals surface area (Å²) in [6.07, 6.45) is 3.87. The van der Waals surface area contributed by atoms with Crippen molar-refractivity contribution in [1.29, 1.82) is 0 Å². The van der Waals surface area contributed by atoms with Gasteiger partial charge in [0.05, 0.1) is 4.92 Å². The third kappa shape index (κ3) is 3.94. The molecule has 0 bridgehead atoms. The summed E-state index contributed by atoms with van der Waals surface area (Å²) in [7, 11) is 0. The summed E-state index contributed by atoms with van der Waals surface area (Å²) in [5.41, 5.74) is 0.322. The Morgan fingerprint density at radius 1 is 1.43 bits per heavy atom. The number of nitro groups is 1. The van der Waals surface area contributed by atoms with Crippen LogP contribution >= 0.6 is 11.6 Å². The lowest BCUT2D eigenvalue weighted by molar-refractivity contribution is -0.387. The van der Waals surface area contributed by atoms with E-state index in [0.29, 0.717) is 24.2 Å². The fraction of sp³-hybridized carbons (Fsp3) is 0.625. The van der Waals surface area contributed by atoms with E-state index in [2.05, 4.69) is 13.8 Å². The Kier molecular flexibility index (Phi) is 5.20. The van der Waals surface area contributed by atoms with Gasteiger partial charge in [0, 0.05) is 11.4 Å². The quantitative estimate of drug-likeness (QED) is 0.448. The SMILES string of the molecule is CC(C)C1CCC(Cl)C(Cc2ccc([N+](=O)[O-])c(F)c2)C1. The molecule has 0 radical (unpaired) electrons. The molecule has 3 unspecified atom stereocenters. The van der Waals surface area contributed by atoms with E-state index in [0.717, 1.165) is 24.8 Å². The summed E-state index contributed by atoms with van der Waals surface area (Å²) in [6, 6.07) is 4.17. The minimum absolute atomic E-state index is 0.109. The Morgan fingerprint density at radius 3 is 2.71 bits per heavy atom. The average Bonchev–Trinajstić information content (AvgIpc) is 2.40. The Morgan fingerprint density at radius 2 is 2.14 bits per heavy atom. The van der Waals surface area contributed by atoms with Crippen LogP contribution in [-0.2, 0) is 6.42 Å². The Bertz CT molecular complexity index is 521. The fourth-order valence-electron chi connectivity index (χ4n) is 3.21. The third-order valence-corrected chi connectivity index (χ3v) is 5.15. The van der Waals surface area contributed by atoms with E-state index < -0.39 is 16.4 Å². The molecule has 0 spiro atoms. The van der Waals surface area contributed by atoms with Crippen molar-refractivity contribution in [3.8, 4) is 0 Å². The first-order valence-corrected chi connectivity index (χ1v) is 7.89. The zero-order valence-electron chi connectivity index (χ0n) is 12.4. The number of benzene rings is 1. The van der Waals surface area contributed by atoms with Crippen molar-refractivity contribution in [3.05, 3.63) is 39.7 Å². The van der Waals surface area contributed by atoms with Gasteiger partial charge in [-0.2, -0.15) is 4.39 Å². The standard InChI is InChI=1S/C16H21ClFNO2/c1-10(2)12-4-5-14(17)13(9-12)7-11-3-6-16(19(20)21)15(18)8-11/h3,6,8,10,12-14H,4-5,7,9H2,1-2H3. The minimum Gasteiger partial charge on any atom is -0.258 e.